The SMILES string of the molecule is O=C1c2cccc([N+](=O)[O-])c2C(=O)N1CCCCN1CCN(c2ncc(-c3ccc(Cl)cc3)cn2)CC1. The first-order chi connectivity index (χ1) is 17.9. The number of benzene rings is 2. The summed E-state index contributed by atoms with van der Waals surface area (Å²) in [6.45, 7) is 4.43. The Morgan fingerprint density at radius 1 is 0.865 bits per heavy atom. The number of unbranched alkanes of at least 4 members (excludes halogenated alkanes) is 1. The molecule has 190 valence electrons. The zero-order valence-electron chi connectivity index (χ0n) is 20.0. The third-order valence-electron chi connectivity index (χ3n) is 6.75. The Morgan fingerprint density at radius 3 is 2.22 bits per heavy atom. The number of carbonyl (C=O) groups is 2. The lowest BCUT2D eigenvalue weighted by atomic mass is 10.1. The van der Waals surface area contributed by atoms with E-state index in [2.05, 4.69) is 19.8 Å². The number of fused-ring (bicyclic) bond motifs is 1. The molecule has 1 saturated heterocycles. The summed E-state index contributed by atoms with van der Waals surface area (Å²) < 4.78 is 0. The first kappa shape index (κ1) is 24.8. The second kappa shape index (κ2) is 10.6. The predicted molar refractivity (Wildman–Crippen MR) is 139 cm³/mol. The number of piperazine rings is 1. The Morgan fingerprint density at radius 2 is 1.54 bits per heavy atom. The Hall–Kier alpha value is -3.89. The van der Waals surface area contributed by atoms with Crippen LogP contribution in [-0.2, 0) is 0 Å². The number of aromatic nitrogens is 2. The lowest BCUT2D eigenvalue weighted by Gasteiger charge is -2.34. The quantitative estimate of drug-likeness (QED) is 0.190. The molecular formula is C26H25ClN6O4. The summed E-state index contributed by atoms with van der Waals surface area (Å²) in [5.41, 5.74) is 1.64. The van der Waals surface area contributed by atoms with Gasteiger partial charge in [-0.05, 0) is 43.1 Å². The fraction of sp³-hybridized carbons (Fsp3) is 0.308. The minimum atomic E-state index is -0.619. The van der Waals surface area contributed by atoms with Crippen molar-refractivity contribution >= 4 is 35.1 Å². The van der Waals surface area contributed by atoms with Crippen LogP contribution in [0.25, 0.3) is 11.1 Å². The fourth-order valence-corrected chi connectivity index (χ4v) is 4.85. The van der Waals surface area contributed by atoms with E-state index in [1.54, 1.807) is 0 Å². The highest BCUT2D eigenvalue weighted by Gasteiger charge is 2.40. The molecule has 0 unspecified atom stereocenters. The molecule has 0 bridgehead atoms. The van der Waals surface area contributed by atoms with Crippen LogP contribution in [0.2, 0.25) is 5.02 Å². The van der Waals surface area contributed by atoms with Gasteiger partial charge < -0.3 is 4.90 Å². The van der Waals surface area contributed by atoms with E-state index < -0.39 is 16.7 Å². The number of halogens is 1. The minimum Gasteiger partial charge on any atom is -0.338 e. The van der Waals surface area contributed by atoms with Gasteiger partial charge in [-0.3, -0.25) is 29.5 Å². The van der Waals surface area contributed by atoms with Crippen LogP contribution in [0.4, 0.5) is 11.6 Å². The van der Waals surface area contributed by atoms with Crippen LogP contribution in [0.5, 0.6) is 0 Å². The van der Waals surface area contributed by atoms with Crippen LogP contribution in [-0.4, -0.2) is 75.8 Å². The Kier molecular flexibility index (Phi) is 7.11. The number of nitro benzene ring substituents is 1. The van der Waals surface area contributed by atoms with E-state index in [0.29, 0.717) is 17.4 Å². The molecule has 0 radical (unpaired) electrons. The maximum absolute atomic E-state index is 12.7. The van der Waals surface area contributed by atoms with Crippen LogP contribution < -0.4 is 4.90 Å². The average Bonchev–Trinajstić information content (AvgIpc) is 3.16. The number of nitro groups is 1. The maximum Gasteiger partial charge on any atom is 0.282 e. The molecule has 0 atom stereocenters. The number of nitrogens with zero attached hydrogens (tertiary/aromatic N) is 6. The zero-order valence-corrected chi connectivity index (χ0v) is 20.8. The van der Waals surface area contributed by atoms with Gasteiger partial charge in [0.1, 0.15) is 5.56 Å². The van der Waals surface area contributed by atoms with E-state index >= 15 is 0 Å². The van der Waals surface area contributed by atoms with Gasteiger partial charge in [0, 0.05) is 61.8 Å². The summed E-state index contributed by atoms with van der Waals surface area (Å²) in [5.74, 6) is -0.334. The molecule has 2 aliphatic rings. The highest BCUT2D eigenvalue weighted by atomic mass is 35.5. The molecule has 10 nitrogen and oxygen atoms in total. The number of hydrogen-bond acceptors (Lipinski definition) is 8. The van der Waals surface area contributed by atoms with E-state index in [1.807, 2.05) is 36.7 Å². The van der Waals surface area contributed by atoms with Gasteiger partial charge in [0.2, 0.25) is 5.95 Å². The second-order valence-corrected chi connectivity index (χ2v) is 9.47. The predicted octanol–water partition coefficient (Wildman–Crippen LogP) is 3.90. The molecule has 1 aromatic heterocycles. The van der Waals surface area contributed by atoms with Gasteiger partial charge in [-0.2, -0.15) is 0 Å². The first-order valence-electron chi connectivity index (χ1n) is 12.1. The van der Waals surface area contributed by atoms with Crippen molar-refractivity contribution in [3.8, 4) is 11.1 Å². The Bertz CT molecular complexity index is 1320. The topological polar surface area (TPSA) is 113 Å². The third kappa shape index (κ3) is 5.16. The monoisotopic (exact) mass is 520 g/mol. The summed E-state index contributed by atoms with van der Waals surface area (Å²) in [5, 5.41) is 11.9. The number of rotatable bonds is 8. The van der Waals surface area contributed by atoms with Crippen molar-refractivity contribution in [2.75, 3.05) is 44.2 Å². The van der Waals surface area contributed by atoms with Crippen molar-refractivity contribution in [1.82, 2.24) is 19.8 Å². The molecule has 11 heteroatoms. The average molecular weight is 521 g/mol. The summed E-state index contributed by atoms with van der Waals surface area (Å²) >= 11 is 5.96. The number of hydrogen-bond donors (Lipinski definition) is 0. The smallest absolute Gasteiger partial charge is 0.282 e. The maximum atomic E-state index is 12.7. The molecule has 1 fully saturated rings. The van der Waals surface area contributed by atoms with Crippen LogP contribution in [0.3, 0.4) is 0 Å². The number of amides is 2. The van der Waals surface area contributed by atoms with Crippen molar-refractivity contribution in [1.29, 1.82) is 0 Å². The lowest BCUT2D eigenvalue weighted by Crippen LogP contribution is -2.47. The normalized spacial score (nSPS) is 15.8. The van der Waals surface area contributed by atoms with Crippen LogP contribution >= 0.6 is 11.6 Å². The molecule has 0 saturated carbocycles. The largest absolute Gasteiger partial charge is 0.338 e. The number of imide groups is 1. The Labute approximate surface area is 218 Å². The fourth-order valence-electron chi connectivity index (χ4n) is 4.72. The van der Waals surface area contributed by atoms with E-state index in [9.17, 15) is 19.7 Å². The highest BCUT2D eigenvalue weighted by Crippen LogP contribution is 2.31. The van der Waals surface area contributed by atoms with Crippen LogP contribution in [0, 0.1) is 10.1 Å². The van der Waals surface area contributed by atoms with Crippen molar-refractivity contribution in [2.45, 2.75) is 12.8 Å². The van der Waals surface area contributed by atoms with Gasteiger partial charge >= 0.3 is 0 Å². The number of carbonyl (C=O) groups excluding carboxylic acids is 2. The summed E-state index contributed by atoms with van der Waals surface area (Å²) in [6, 6.07) is 11.7. The molecule has 3 aromatic rings. The van der Waals surface area contributed by atoms with Crippen LogP contribution in [0.1, 0.15) is 33.6 Å². The minimum absolute atomic E-state index is 0.1000. The van der Waals surface area contributed by atoms with Crippen LogP contribution in [0.15, 0.2) is 54.9 Å². The zero-order chi connectivity index (χ0) is 25.9. The van der Waals surface area contributed by atoms with Crippen molar-refractivity contribution in [3.05, 3.63) is 81.1 Å². The summed E-state index contributed by atoms with van der Waals surface area (Å²) in [4.78, 5) is 50.6. The van der Waals surface area contributed by atoms with E-state index in [1.165, 1.54) is 18.2 Å². The van der Waals surface area contributed by atoms with Gasteiger partial charge in [-0.25, -0.2) is 9.97 Å². The molecule has 2 amide bonds. The summed E-state index contributed by atoms with van der Waals surface area (Å²) in [7, 11) is 0. The summed E-state index contributed by atoms with van der Waals surface area (Å²) in [6.07, 6.45) is 5.09. The second-order valence-electron chi connectivity index (χ2n) is 9.03. The van der Waals surface area contributed by atoms with E-state index in [4.69, 9.17) is 11.6 Å². The van der Waals surface area contributed by atoms with Gasteiger partial charge in [0.05, 0.1) is 10.5 Å². The van der Waals surface area contributed by atoms with Crippen molar-refractivity contribution in [3.63, 3.8) is 0 Å². The van der Waals surface area contributed by atoms with E-state index in [-0.39, 0.29) is 23.4 Å². The Balaban J connectivity index is 1.07. The molecule has 0 spiro atoms. The molecule has 3 heterocycles. The standard InChI is InChI=1S/C26H25ClN6O4/c27-20-8-6-18(7-9-20)19-16-28-26(29-17-19)31-14-12-30(13-15-31)10-1-2-11-32-24(34)21-4-3-5-22(33(36)37)23(21)25(32)35/h3-9,16-17H,1-2,10-15H2. The number of anilines is 1. The van der Waals surface area contributed by atoms with Gasteiger partial charge in [0.15, 0.2) is 0 Å². The lowest BCUT2D eigenvalue weighted by molar-refractivity contribution is -0.385. The molecule has 5 rings (SSSR count). The molecule has 0 aliphatic carbocycles. The molecule has 0 N–H and O–H groups in total. The molecule has 2 aliphatic heterocycles. The third-order valence-corrected chi connectivity index (χ3v) is 7.00. The first-order valence-corrected chi connectivity index (χ1v) is 12.5. The highest BCUT2D eigenvalue weighted by molar-refractivity contribution is 6.30. The molecule has 2 aromatic carbocycles. The van der Waals surface area contributed by atoms with E-state index in [0.717, 1.165) is 55.2 Å². The molecule has 37 heavy (non-hydrogen) atoms. The van der Waals surface area contributed by atoms with Gasteiger partial charge in [-0.1, -0.05) is 29.8 Å². The molecular weight excluding hydrogens is 496 g/mol. The van der Waals surface area contributed by atoms with Crippen molar-refractivity contribution in [2.24, 2.45) is 0 Å². The van der Waals surface area contributed by atoms with Gasteiger partial charge in [-0.15, -0.1) is 0 Å². The van der Waals surface area contributed by atoms with Gasteiger partial charge in [0.25, 0.3) is 17.5 Å². The van der Waals surface area contributed by atoms with Crippen molar-refractivity contribution < 1.29 is 14.5 Å².